The van der Waals surface area contributed by atoms with Gasteiger partial charge in [-0.3, -0.25) is 0 Å². The molecule has 0 saturated heterocycles. The van der Waals surface area contributed by atoms with Crippen LogP contribution in [0, 0.1) is 5.92 Å². The van der Waals surface area contributed by atoms with Gasteiger partial charge in [0.1, 0.15) is 0 Å². The molecule has 1 unspecified atom stereocenters. The zero-order valence-corrected chi connectivity index (χ0v) is 14.0. The Balaban J connectivity index is 1.99. The average Bonchev–Trinajstić information content (AvgIpc) is 2.70. The van der Waals surface area contributed by atoms with Gasteiger partial charge in [0.05, 0.1) is 0 Å². The average molecular weight is 314 g/mol. The number of halogens is 2. The first kappa shape index (κ1) is 16.1. The minimum atomic E-state index is 0.236. The molecule has 0 radical (unpaired) electrons. The molecule has 1 aliphatic rings. The third kappa shape index (κ3) is 4.38. The maximum absolute atomic E-state index is 6.29. The van der Waals surface area contributed by atoms with E-state index in [0.29, 0.717) is 6.04 Å². The van der Waals surface area contributed by atoms with Gasteiger partial charge in [-0.25, -0.2) is 0 Å². The van der Waals surface area contributed by atoms with Crippen LogP contribution in [0.5, 0.6) is 0 Å². The molecule has 1 aromatic carbocycles. The zero-order valence-electron chi connectivity index (χ0n) is 12.5. The molecule has 0 aliphatic heterocycles. The fraction of sp³-hybridized carbons (Fsp3) is 0.647. The smallest absolute Gasteiger partial charge is 0.0454 e. The van der Waals surface area contributed by atoms with Crippen LogP contribution in [0.1, 0.15) is 64.0 Å². The highest BCUT2D eigenvalue weighted by Gasteiger charge is 2.21. The van der Waals surface area contributed by atoms with Gasteiger partial charge >= 0.3 is 0 Å². The molecule has 0 heterocycles. The summed E-state index contributed by atoms with van der Waals surface area (Å²) in [4.78, 5) is 0. The van der Waals surface area contributed by atoms with E-state index in [9.17, 15) is 0 Å². The molecule has 1 aromatic rings. The predicted octanol–water partition coefficient (Wildman–Crippen LogP) is 6.00. The summed E-state index contributed by atoms with van der Waals surface area (Å²) in [5.41, 5.74) is 1.10. The predicted molar refractivity (Wildman–Crippen MR) is 88.7 cm³/mol. The van der Waals surface area contributed by atoms with Crippen LogP contribution in [0.15, 0.2) is 18.2 Å². The van der Waals surface area contributed by atoms with Crippen molar-refractivity contribution in [2.75, 3.05) is 0 Å². The van der Waals surface area contributed by atoms with E-state index in [1.54, 1.807) is 0 Å². The van der Waals surface area contributed by atoms with E-state index < -0.39 is 0 Å². The molecule has 0 aromatic heterocycles. The third-order valence-corrected chi connectivity index (χ3v) is 5.12. The quantitative estimate of drug-likeness (QED) is 0.672. The number of rotatable bonds is 4. The Morgan fingerprint density at radius 2 is 1.70 bits per heavy atom. The van der Waals surface area contributed by atoms with Crippen LogP contribution in [-0.4, -0.2) is 6.04 Å². The molecule has 0 bridgehead atoms. The van der Waals surface area contributed by atoms with Crippen LogP contribution < -0.4 is 5.32 Å². The van der Waals surface area contributed by atoms with Crippen LogP contribution in [0.3, 0.4) is 0 Å². The minimum absolute atomic E-state index is 0.236. The molecule has 2 atom stereocenters. The normalized spacial score (nSPS) is 20.4. The second kappa shape index (κ2) is 7.68. The second-order valence-corrected chi connectivity index (χ2v) is 6.94. The Hall–Kier alpha value is -0.240. The lowest BCUT2D eigenvalue weighted by atomic mass is 9.92. The molecule has 3 heteroatoms. The van der Waals surface area contributed by atoms with Crippen LogP contribution in [0.4, 0.5) is 0 Å². The first-order chi connectivity index (χ1) is 9.58. The molecule has 1 N–H and O–H groups in total. The maximum Gasteiger partial charge on any atom is 0.0454 e. The molecule has 1 fully saturated rings. The van der Waals surface area contributed by atoms with Gasteiger partial charge < -0.3 is 5.32 Å². The lowest BCUT2D eigenvalue weighted by Gasteiger charge is -2.28. The van der Waals surface area contributed by atoms with Gasteiger partial charge in [0.25, 0.3) is 0 Å². The number of hydrogen-bond donors (Lipinski definition) is 1. The van der Waals surface area contributed by atoms with Crippen LogP contribution in [0.2, 0.25) is 10.0 Å². The summed E-state index contributed by atoms with van der Waals surface area (Å²) in [7, 11) is 0. The highest BCUT2D eigenvalue weighted by Crippen LogP contribution is 2.29. The first-order valence-electron chi connectivity index (χ1n) is 7.79. The van der Waals surface area contributed by atoms with Crippen LogP contribution >= 0.6 is 23.2 Å². The highest BCUT2D eigenvalue weighted by atomic mass is 35.5. The van der Waals surface area contributed by atoms with Gasteiger partial charge in [-0.1, -0.05) is 48.9 Å². The first-order valence-corrected chi connectivity index (χ1v) is 8.54. The summed E-state index contributed by atoms with van der Waals surface area (Å²) in [6, 6.07) is 6.46. The zero-order chi connectivity index (χ0) is 14.5. The molecular weight excluding hydrogens is 289 g/mol. The Labute approximate surface area is 133 Å². The fourth-order valence-corrected chi connectivity index (χ4v) is 3.74. The van der Waals surface area contributed by atoms with Crippen molar-refractivity contribution in [3.8, 4) is 0 Å². The Kier molecular flexibility index (Phi) is 6.20. The van der Waals surface area contributed by atoms with Crippen LogP contribution in [-0.2, 0) is 0 Å². The van der Waals surface area contributed by atoms with Gasteiger partial charge in [-0.15, -0.1) is 0 Å². The van der Waals surface area contributed by atoms with Crippen molar-refractivity contribution >= 4 is 23.2 Å². The molecule has 2 rings (SSSR count). The van der Waals surface area contributed by atoms with E-state index in [2.05, 4.69) is 19.2 Å². The van der Waals surface area contributed by atoms with Crippen molar-refractivity contribution in [1.29, 1.82) is 0 Å². The molecule has 112 valence electrons. The van der Waals surface area contributed by atoms with E-state index in [4.69, 9.17) is 23.2 Å². The SMILES string of the molecule is CC(N[C@H](C)C1CCCCCC1)c1cc(Cl)ccc1Cl. The van der Waals surface area contributed by atoms with Gasteiger partial charge in [0.2, 0.25) is 0 Å². The standard InChI is InChI=1S/C17H25Cl2N/c1-12(14-7-5-3-4-6-8-14)20-13(2)16-11-15(18)9-10-17(16)19/h9-14,20H,3-8H2,1-2H3/t12-,13?/m1/s1. The van der Waals surface area contributed by atoms with Crippen molar-refractivity contribution in [2.24, 2.45) is 5.92 Å². The Morgan fingerprint density at radius 3 is 2.35 bits per heavy atom. The molecule has 20 heavy (non-hydrogen) atoms. The number of benzene rings is 1. The molecule has 1 saturated carbocycles. The lowest BCUT2D eigenvalue weighted by Crippen LogP contribution is -2.35. The Morgan fingerprint density at radius 1 is 1.05 bits per heavy atom. The van der Waals surface area contributed by atoms with Gasteiger partial charge in [0.15, 0.2) is 0 Å². The van der Waals surface area contributed by atoms with Gasteiger partial charge in [-0.05, 0) is 56.4 Å². The molecule has 0 amide bonds. The topological polar surface area (TPSA) is 12.0 Å². The van der Waals surface area contributed by atoms with Gasteiger partial charge in [0, 0.05) is 22.1 Å². The summed E-state index contributed by atoms with van der Waals surface area (Å²) in [6.07, 6.45) is 8.26. The van der Waals surface area contributed by atoms with Crippen molar-refractivity contribution in [3.05, 3.63) is 33.8 Å². The van der Waals surface area contributed by atoms with Crippen molar-refractivity contribution < 1.29 is 0 Å². The molecule has 1 nitrogen and oxygen atoms in total. The van der Waals surface area contributed by atoms with E-state index in [0.717, 1.165) is 21.5 Å². The summed E-state index contributed by atoms with van der Waals surface area (Å²) in [5.74, 6) is 0.790. The van der Waals surface area contributed by atoms with E-state index >= 15 is 0 Å². The minimum Gasteiger partial charge on any atom is -0.307 e. The number of hydrogen-bond acceptors (Lipinski definition) is 1. The monoisotopic (exact) mass is 313 g/mol. The van der Waals surface area contributed by atoms with Gasteiger partial charge in [-0.2, -0.15) is 0 Å². The molecule has 0 spiro atoms. The third-order valence-electron chi connectivity index (χ3n) is 4.54. The fourth-order valence-electron chi connectivity index (χ4n) is 3.28. The Bertz CT molecular complexity index is 425. The maximum atomic E-state index is 6.29. The van der Waals surface area contributed by atoms with Crippen molar-refractivity contribution in [1.82, 2.24) is 5.32 Å². The van der Waals surface area contributed by atoms with E-state index in [-0.39, 0.29) is 6.04 Å². The lowest BCUT2D eigenvalue weighted by molar-refractivity contribution is 0.316. The van der Waals surface area contributed by atoms with E-state index in [1.807, 2.05) is 18.2 Å². The molecule has 1 aliphatic carbocycles. The largest absolute Gasteiger partial charge is 0.307 e. The summed E-state index contributed by atoms with van der Waals surface area (Å²) < 4.78 is 0. The summed E-state index contributed by atoms with van der Waals surface area (Å²) in [6.45, 7) is 4.48. The van der Waals surface area contributed by atoms with Crippen LogP contribution in [0.25, 0.3) is 0 Å². The summed E-state index contributed by atoms with van der Waals surface area (Å²) >= 11 is 12.4. The van der Waals surface area contributed by atoms with E-state index in [1.165, 1.54) is 38.5 Å². The van der Waals surface area contributed by atoms with Crippen molar-refractivity contribution in [3.63, 3.8) is 0 Å². The summed E-state index contributed by atoms with van der Waals surface area (Å²) in [5, 5.41) is 5.26. The molecular formula is C17H25Cl2N. The highest BCUT2D eigenvalue weighted by molar-refractivity contribution is 6.33. The van der Waals surface area contributed by atoms with Crippen molar-refractivity contribution in [2.45, 2.75) is 64.5 Å². The number of nitrogens with one attached hydrogen (secondary N) is 1. The second-order valence-electron chi connectivity index (χ2n) is 6.09.